The van der Waals surface area contributed by atoms with Crippen LogP contribution in [-0.4, -0.2) is 18.1 Å². The molecule has 0 N–H and O–H groups in total. The third-order valence-corrected chi connectivity index (χ3v) is 3.96. The summed E-state index contributed by atoms with van der Waals surface area (Å²) in [6.45, 7) is 1.43. The van der Waals surface area contributed by atoms with Crippen molar-refractivity contribution in [2.24, 2.45) is 0 Å². The Morgan fingerprint density at radius 2 is 1.88 bits per heavy atom. The number of hydrogen-bond donors (Lipinski definition) is 0. The number of benzene rings is 1. The first-order chi connectivity index (χ1) is 7.46. The zero-order chi connectivity index (χ0) is 12.3. The number of fused-ring (bicyclic) bond motifs is 1. The quantitative estimate of drug-likeness (QED) is 0.661. The predicted octanol–water partition coefficient (Wildman–Crippen LogP) is 1.51. The Balaban J connectivity index is 0.000000386. The summed E-state index contributed by atoms with van der Waals surface area (Å²) in [5, 5.41) is 7.32. The highest BCUT2D eigenvalue weighted by Crippen LogP contribution is 2.30. The fourth-order valence-corrected chi connectivity index (χ4v) is 2.65. The summed E-state index contributed by atoms with van der Waals surface area (Å²) >= 11 is 5.32. The Labute approximate surface area is 98.0 Å². The standard InChI is InChI=1S/C7H4ClNO3S.C2H3N/c8-9-7(10)5-3-1-2-4-6(5)13(9,11)12;1-2-3/h1-4H;1H3. The van der Waals surface area contributed by atoms with Gasteiger partial charge in [-0.15, -0.1) is 3.82 Å². The van der Waals surface area contributed by atoms with E-state index in [1.165, 1.54) is 19.1 Å². The second-order valence-corrected chi connectivity index (χ2v) is 5.04. The number of nitriles is 1. The van der Waals surface area contributed by atoms with Gasteiger partial charge in [-0.3, -0.25) is 4.79 Å². The maximum atomic E-state index is 11.4. The van der Waals surface area contributed by atoms with Gasteiger partial charge >= 0.3 is 0 Å². The summed E-state index contributed by atoms with van der Waals surface area (Å²) in [6.07, 6.45) is 0. The molecule has 1 aromatic carbocycles. The van der Waals surface area contributed by atoms with Gasteiger partial charge in [0.2, 0.25) is 0 Å². The molecule has 0 spiro atoms. The van der Waals surface area contributed by atoms with E-state index in [2.05, 4.69) is 0 Å². The summed E-state index contributed by atoms with van der Waals surface area (Å²) in [7, 11) is -3.78. The predicted molar refractivity (Wildman–Crippen MR) is 56.9 cm³/mol. The molecule has 0 unspecified atom stereocenters. The molecular weight excluding hydrogens is 252 g/mol. The molecule has 5 nitrogen and oxygen atoms in total. The van der Waals surface area contributed by atoms with Gasteiger partial charge in [-0.25, -0.2) is 0 Å². The molecule has 84 valence electrons. The summed E-state index contributed by atoms with van der Waals surface area (Å²) in [5.74, 6) is -0.697. The van der Waals surface area contributed by atoms with E-state index in [0.717, 1.165) is 0 Å². The molecule has 0 aromatic heterocycles. The van der Waals surface area contributed by atoms with Crippen LogP contribution in [-0.2, 0) is 10.0 Å². The largest absolute Gasteiger partial charge is 0.284 e. The van der Waals surface area contributed by atoms with Crippen LogP contribution in [0, 0.1) is 11.3 Å². The number of nitrogens with zero attached hydrogens (tertiary/aromatic N) is 2. The molecule has 1 heterocycles. The first-order valence-corrected chi connectivity index (χ1v) is 5.90. The fraction of sp³-hybridized carbons (Fsp3) is 0.111. The van der Waals surface area contributed by atoms with Gasteiger partial charge < -0.3 is 0 Å². The molecule has 0 aliphatic carbocycles. The highest BCUT2D eigenvalue weighted by molar-refractivity contribution is 7.91. The zero-order valence-corrected chi connectivity index (χ0v) is 9.79. The Morgan fingerprint density at radius 1 is 1.38 bits per heavy atom. The number of halogens is 1. The molecule has 1 aromatic rings. The number of hydrogen-bond acceptors (Lipinski definition) is 4. The summed E-state index contributed by atoms with van der Waals surface area (Å²) in [6, 6.07) is 7.66. The summed E-state index contributed by atoms with van der Waals surface area (Å²) in [4.78, 5) is 11.2. The lowest BCUT2D eigenvalue weighted by Crippen LogP contribution is -2.18. The average Bonchev–Trinajstić information content (AvgIpc) is 2.43. The number of sulfonamides is 1. The van der Waals surface area contributed by atoms with Crippen LogP contribution in [0.1, 0.15) is 17.3 Å². The van der Waals surface area contributed by atoms with Gasteiger partial charge in [0.1, 0.15) is 4.90 Å². The van der Waals surface area contributed by atoms with Crippen LogP contribution in [0.2, 0.25) is 0 Å². The Morgan fingerprint density at radius 3 is 2.38 bits per heavy atom. The summed E-state index contributed by atoms with van der Waals surface area (Å²) in [5.41, 5.74) is 0.123. The minimum absolute atomic E-state index is 0.0324. The second kappa shape index (κ2) is 4.51. The Kier molecular flexibility index (Phi) is 3.52. The highest BCUT2D eigenvalue weighted by Gasteiger charge is 2.40. The van der Waals surface area contributed by atoms with E-state index >= 15 is 0 Å². The molecule has 0 atom stereocenters. The van der Waals surface area contributed by atoms with Crippen molar-refractivity contribution in [3.05, 3.63) is 29.8 Å². The minimum atomic E-state index is -3.78. The molecule has 16 heavy (non-hydrogen) atoms. The molecule has 0 bridgehead atoms. The molecule has 0 saturated heterocycles. The lowest BCUT2D eigenvalue weighted by Gasteiger charge is -2.01. The topological polar surface area (TPSA) is 78.2 Å². The van der Waals surface area contributed by atoms with Crippen molar-refractivity contribution in [1.82, 2.24) is 3.82 Å². The average molecular weight is 259 g/mol. The third-order valence-electron chi connectivity index (χ3n) is 1.77. The second-order valence-electron chi connectivity index (χ2n) is 2.74. The molecule has 2 rings (SSSR count). The van der Waals surface area contributed by atoms with Gasteiger partial charge in [0.25, 0.3) is 15.9 Å². The minimum Gasteiger partial charge on any atom is -0.267 e. The molecular formula is C9H7ClN2O3S. The smallest absolute Gasteiger partial charge is 0.267 e. The van der Waals surface area contributed by atoms with Crippen LogP contribution in [0.15, 0.2) is 29.2 Å². The van der Waals surface area contributed by atoms with Gasteiger partial charge in [-0.2, -0.15) is 13.7 Å². The lowest BCUT2D eigenvalue weighted by atomic mass is 10.2. The van der Waals surface area contributed by atoms with Crippen LogP contribution < -0.4 is 0 Å². The molecule has 0 saturated carbocycles. The molecule has 1 amide bonds. The fourth-order valence-electron chi connectivity index (χ4n) is 1.16. The van der Waals surface area contributed by atoms with Crippen LogP contribution in [0.25, 0.3) is 0 Å². The maximum absolute atomic E-state index is 11.4. The number of carbonyl (C=O) groups is 1. The van der Waals surface area contributed by atoms with E-state index in [4.69, 9.17) is 17.0 Å². The number of amides is 1. The van der Waals surface area contributed by atoms with Crippen molar-refractivity contribution in [2.75, 3.05) is 0 Å². The third kappa shape index (κ3) is 1.87. The Hall–Kier alpha value is -1.58. The van der Waals surface area contributed by atoms with E-state index in [-0.39, 0.29) is 14.3 Å². The van der Waals surface area contributed by atoms with E-state index in [0.29, 0.717) is 0 Å². The molecule has 1 aliphatic rings. The monoisotopic (exact) mass is 258 g/mol. The van der Waals surface area contributed by atoms with E-state index < -0.39 is 15.9 Å². The maximum Gasteiger partial charge on any atom is 0.284 e. The zero-order valence-electron chi connectivity index (χ0n) is 8.21. The van der Waals surface area contributed by atoms with Gasteiger partial charge in [0.05, 0.1) is 11.6 Å². The van der Waals surface area contributed by atoms with Crippen molar-refractivity contribution < 1.29 is 13.2 Å². The molecule has 1 aliphatic heterocycles. The van der Waals surface area contributed by atoms with Crippen LogP contribution in [0.5, 0.6) is 0 Å². The van der Waals surface area contributed by atoms with Gasteiger partial charge in [0.15, 0.2) is 0 Å². The molecule has 0 radical (unpaired) electrons. The normalized spacial score (nSPS) is 15.8. The molecule has 0 fully saturated rings. The number of rotatable bonds is 0. The first-order valence-electron chi connectivity index (χ1n) is 4.12. The van der Waals surface area contributed by atoms with Gasteiger partial charge in [-0.05, 0) is 12.1 Å². The first kappa shape index (κ1) is 12.5. The number of carbonyl (C=O) groups excluding carboxylic acids is 1. The van der Waals surface area contributed by atoms with E-state index in [1.54, 1.807) is 18.2 Å². The SMILES string of the molecule is CC#N.O=C1c2ccccc2S(=O)(=O)N1Cl. The van der Waals surface area contributed by atoms with Gasteiger partial charge in [0, 0.05) is 18.7 Å². The van der Waals surface area contributed by atoms with E-state index in [9.17, 15) is 13.2 Å². The molecule has 7 heteroatoms. The van der Waals surface area contributed by atoms with Crippen molar-refractivity contribution in [3.63, 3.8) is 0 Å². The van der Waals surface area contributed by atoms with Crippen molar-refractivity contribution in [1.29, 1.82) is 5.26 Å². The van der Waals surface area contributed by atoms with Crippen molar-refractivity contribution >= 4 is 27.7 Å². The Bertz CT molecular complexity index is 562. The highest BCUT2D eigenvalue weighted by atomic mass is 35.5. The van der Waals surface area contributed by atoms with Crippen LogP contribution in [0.3, 0.4) is 0 Å². The van der Waals surface area contributed by atoms with Crippen LogP contribution in [0.4, 0.5) is 0 Å². The lowest BCUT2D eigenvalue weighted by molar-refractivity contribution is 0.0929. The van der Waals surface area contributed by atoms with Crippen molar-refractivity contribution in [3.8, 4) is 6.07 Å². The van der Waals surface area contributed by atoms with E-state index in [1.807, 2.05) is 0 Å². The van der Waals surface area contributed by atoms with Crippen molar-refractivity contribution in [2.45, 2.75) is 11.8 Å². The van der Waals surface area contributed by atoms with Gasteiger partial charge in [-0.1, -0.05) is 12.1 Å². The van der Waals surface area contributed by atoms with Crippen LogP contribution >= 0.6 is 11.8 Å². The summed E-state index contributed by atoms with van der Waals surface area (Å²) < 4.78 is 23.0.